The maximum Gasteiger partial charge on any atom is 0.124 e. The molecule has 1 N–H and O–H groups in total. The summed E-state index contributed by atoms with van der Waals surface area (Å²) in [6.45, 7) is 6.16. The maximum absolute atomic E-state index is 13.1. The average molecular weight is 257 g/mol. The molecule has 4 heteroatoms. The van der Waals surface area contributed by atoms with Gasteiger partial charge >= 0.3 is 0 Å². The highest BCUT2D eigenvalue weighted by Gasteiger charge is 2.25. The first-order valence-corrected chi connectivity index (χ1v) is 6.44. The Labute approximate surface area is 107 Å². The van der Waals surface area contributed by atoms with E-state index in [0.29, 0.717) is 17.1 Å². The topological polar surface area (TPSA) is 15.3 Å². The zero-order chi connectivity index (χ0) is 12.4. The fourth-order valence-electron chi connectivity index (χ4n) is 2.33. The Morgan fingerprint density at radius 2 is 2.29 bits per heavy atom. The van der Waals surface area contributed by atoms with Gasteiger partial charge in [-0.25, -0.2) is 4.39 Å². The van der Waals surface area contributed by atoms with E-state index in [1.807, 2.05) is 0 Å². The molecule has 0 bridgehead atoms. The van der Waals surface area contributed by atoms with E-state index >= 15 is 0 Å². The molecule has 1 aliphatic heterocycles. The number of hydrogen-bond acceptors (Lipinski definition) is 2. The third-order valence-corrected chi connectivity index (χ3v) is 3.61. The summed E-state index contributed by atoms with van der Waals surface area (Å²) in [5.41, 5.74) is 0.938. The van der Waals surface area contributed by atoms with Crippen molar-refractivity contribution in [3.63, 3.8) is 0 Å². The normalized spacial score (nSPS) is 25.1. The second-order valence-electron chi connectivity index (χ2n) is 4.62. The van der Waals surface area contributed by atoms with Crippen LogP contribution in [0.15, 0.2) is 18.2 Å². The number of benzene rings is 1. The second kappa shape index (κ2) is 5.23. The van der Waals surface area contributed by atoms with Crippen LogP contribution in [-0.2, 0) is 0 Å². The molecule has 0 spiro atoms. The third kappa shape index (κ3) is 2.72. The van der Waals surface area contributed by atoms with Crippen molar-refractivity contribution in [3.8, 4) is 0 Å². The van der Waals surface area contributed by atoms with Crippen molar-refractivity contribution in [1.29, 1.82) is 0 Å². The molecular formula is C13H18ClFN2. The van der Waals surface area contributed by atoms with E-state index in [-0.39, 0.29) is 5.82 Å². The van der Waals surface area contributed by atoms with Gasteiger partial charge in [-0.15, -0.1) is 0 Å². The number of rotatable bonds is 2. The molecule has 0 saturated carbocycles. The van der Waals surface area contributed by atoms with Gasteiger partial charge in [0.05, 0.1) is 10.7 Å². The van der Waals surface area contributed by atoms with Gasteiger partial charge in [0.15, 0.2) is 0 Å². The van der Waals surface area contributed by atoms with Gasteiger partial charge in [0.1, 0.15) is 5.82 Å². The van der Waals surface area contributed by atoms with Gasteiger partial charge in [0, 0.05) is 25.2 Å². The zero-order valence-corrected chi connectivity index (χ0v) is 11.0. The summed E-state index contributed by atoms with van der Waals surface area (Å²) in [5.74, 6) is -0.282. The standard InChI is InChI=1S/C13H18ClFN2/c1-3-11-7-16-9(2)8-17(11)13-5-4-10(15)6-12(13)14/h4-6,9,11,16H,3,7-8H2,1-2H3. The Kier molecular flexibility index (Phi) is 3.89. The molecule has 94 valence electrons. The largest absolute Gasteiger partial charge is 0.365 e. The summed E-state index contributed by atoms with van der Waals surface area (Å²) < 4.78 is 13.1. The number of nitrogens with zero attached hydrogens (tertiary/aromatic N) is 1. The van der Waals surface area contributed by atoms with Crippen molar-refractivity contribution in [1.82, 2.24) is 5.32 Å². The number of hydrogen-bond donors (Lipinski definition) is 1. The monoisotopic (exact) mass is 256 g/mol. The lowest BCUT2D eigenvalue weighted by Crippen LogP contribution is -2.55. The minimum atomic E-state index is -0.282. The van der Waals surface area contributed by atoms with Gasteiger partial charge in [-0.2, -0.15) is 0 Å². The van der Waals surface area contributed by atoms with Crippen molar-refractivity contribution in [3.05, 3.63) is 29.0 Å². The van der Waals surface area contributed by atoms with Gasteiger partial charge in [-0.05, 0) is 31.5 Å². The zero-order valence-electron chi connectivity index (χ0n) is 10.2. The summed E-state index contributed by atoms with van der Waals surface area (Å²) in [6.07, 6.45) is 1.05. The van der Waals surface area contributed by atoms with Crippen molar-refractivity contribution >= 4 is 17.3 Å². The van der Waals surface area contributed by atoms with Crippen LogP contribution in [0.3, 0.4) is 0 Å². The first kappa shape index (κ1) is 12.7. The van der Waals surface area contributed by atoms with Crippen LogP contribution in [0.2, 0.25) is 5.02 Å². The smallest absolute Gasteiger partial charge is 0.124 e. The Morgan fingerprint density at radius 3 is 2.94 bits per heavy atom. The summed E-state index contributed by atoms with van der Waals surface area (Å²) in [6, 6.07) is 5.49. The van der Waals surface area contributed by atoms with Gasteiger partial charge < -0.3 is 10.2 Å². The lowest BCUT2D eigenvalue weighted by Gasteiger charge is -2.41. The lowest BCUT2D eigenvalue weighted by molar-refractivity contribution is 0.402. The Bertz CT molecular complexity index is 397. The molecule has 2 unspecified atom stereocenters. The lowest BCUT2D eigenvalue weighted by atomic mass is 10.1. The Morgan fingerprint density at radius 1 is 1.53 bits per heavy atom. The maximum atomic E-state index is 13.1. The van der Waals surface area contributed by atoms with E-state index in [2.05, 4.69) is 24.1 Å². The fourth-order valence-corrected chi connectivity index (χ4v) is 2.61. The molecule has 1 saturated heterocycles. The first-order valence-electron chi connectivity index (χ1n) is 6.07. The number of anilines is 1. The average Bonchev–Trinajstić information content (AvgIpc) is 2.29. The Hall–Kier alpha value is -0.800. The van der Waals surface area contributed by atoms with E-state index in [0.717, 1.165) is 25.2 Å². The first-order chi connectivity index (χ1) is 8.11. The molecule has 0 aromatic heterocycles. The van der Waals surface area contributed by atoms with Crippen LogP contribution in [0.1, 0.15) is 20.3 Å². The summed E-state index contributed by atoms with van der Waals surface area (Å²) in [5, 5.41) is 3.95. The van der Waals surface area contributed by atoms with Crippen LogP contribution < -0.4 is 10.2 Å². The number of nitrogens with one attached hydrogen (secondary N) is 1. The molecule has 0 aliphatic carbocycles. The van der Waals surface area contributed by atoms with Crippen LogP contribution in [0, 0.1) is 5.82 Å². The van der Waals surface area contributed by atoms with Gasteiger partial charge in [-0.3, -0.25) is 0 Å². The Balaban J connectivity index is 2.28. The molecule has 2 atom stereocenters. The highest BCUT2D eigenvalue weighted by Crippen LogP contribution is 2.29. The van der Waals surface area contributed by atoms with E-state index in [1.165, 1.54) is 12.1 Å². The van der Waals surface area contributed by atoms with Crippen LogP contribution in [0.4, 0.5) is 10.1 Å². The minimum Gasteiger partial charge on any atom is -0.365 e. The minimum absolute atomic E-state index is 0.282. The molecular weight excluding hydrogens is 239 g/mol. The molecule has 0 amide bonds. The molecule has 1 heterocycles. The van der Waals surface area contributed by atoms with Crippen molar-refractivity contribution in [2.24, 2.45) is 0 Å². The SMILES string of the molecule is CCC1CNC(C)CN1c1ccc(F)cc1Cl. The molecule has 1 aromatic rings. The predicted molar refractivity (Wildman–Crippen MR) is 70.3 cm³/mol. The summed E-state index contributed by atoms with van der Waals surface area (Å²) >= 11 is 6.13. The molecule has 17 heavy (non-hydrogen) atoms. The van der Waals surface area contributed by atoms with Gasteiger partial charge in [0.25, 0.3) is 0 Å². The van der Waals surface area contributed by atoms with Crippen molar-refractivity contribution in [2.75, 3.05) is 18.0 Å². The second-order valence-corrected chi connectivity index (χ2v) is 5.03. The molecule has 1 aromatic carbocycles. The molecule has 1 aliphatic rings. The quantitative estimate of drug-likeness (QED) is 0.875. The summed E-state index contributed by atoms with van der Waals surface area (Å²) in [7, 11) is 0. The van der Waals surface area contributed by atoms with Gasteiger partial charge in [0.2, 0.25) is 0 Å². The predicted octanol–water partition coefficient (Wildman–Crippen LogP) is 3.06. The van der Waals surface area contributed by atoms with Crippen molar-refractivity contribution in [2.45, 2.75) is 32.4 Å². The van der Waals surface area contributed by atoms with Crippen molar-refractivity contribution < 1.29 is 4.39 Å². The number of piperazine rings is 1. The van der Waals surface area contributed by atoms with Crippen LogP contribution in [0.5, 0.6) is 0 Å². The molecule has 1 fully saturated rings. The third-order valence-electron chi connectivity index (χ3n) is 3.30. The van der Waals surface area contributed by atoms with E-state index in [9.17, 15) is 4.39 Å². The summed E-state index contributed by atoms with van der Waals surface area (Å²) in [4.78, 5) is 2.28. The van der Waals surface area contributed by atoms with E-state index < -0.39 is 0 Å². The van der Waals surface area contributed by atoms with Crippen LogP contribution >= 0.6 is 11.6 Å². The highest BCUT2D eigenvalue weighted by atomic mass is 35.5. The van der Waals surface area contributed by atoms with Gasteiger partial charge in [-0.1, -0.05) is 18.5 Å². The fraction of sp³-hybridized carbons (Fsp3) is 0.538. The van der Waals surface area contributed by atoms with E-state index in [4.69, 9.17) is 11.6 Å². The molecule has 0 radical (unpaired) electrons. The van der Waals surface area contributed by atoms with Crippen LogP contribution in [0.25, 0.3) is 0 Å². The van der Waals surface area contributed by atoms with Crippen LogP contribution in [-0.4, -0.2) is 25.2 Å². The highest BCUT2D eigenvalue weighted by molar-refractivity contribution is 6.33. The molecule has 2 rings (SSSR count). The number of halogens is 2. The van der Waals surface area contributed by atoms with E-state index in [1.54, 1.807) is 6.07 Å². The molecule has 2 nitrogen and oxygen atoms in total.